The maximum absolute atomic E-state index is 13.1. The Labute approximate surface area is 168 Å². The molecule has 1 saturated heterocycles. The number of hydrogen-bond acceptors (Lipinski definition) is 5. The Bertz CT molecular complexity index is 935. The Morgan fingerprint density at radius 3 is 2.07 bits per heavy atom. The number of sulfonamides is 1. The molecule has 0 amide bonds. The summed E-state index contributed by atoms with van der Waals surface area (Å²) in [6.45, 7) is 4.18. The molecular formula is C19H22F3N3O3S. The van der Waals surface area contributed by atoms with Crippen molar-refractivity contribution in [2.24, 2.45) is 0 Å². The minimum Gasteiger partial charge on any atom is -0.497 e. The third-order valence-electron chi connectivity index (χ3n) is 4.87. The summed E-state index contributed by atoms with van der Waals surface area (Å²) in [5, 5.41) is 0. The molecular weight excluding hydrogens is 407 g/mol. The molecule has 2 atom stereocenters. The highest BCUT2D eigenvalue weighted by Gasteiger charge is 2.39. The van der Waals surface area contributed by atoms with E-state index in [1.807, 2.05) is 0 Å². The Morgan fingerprint density at radius 1 is 1.03 bits per heavy atom. The van der Waals surface area contributed by atoms with E-state index in [-0.39, 0.29) is 4.90 Å². The third-order valence-corrected chi connectivity index (χ3v) is 7.01. The molecule has 0 saturated carbocycles. The lowest BCUT2D eigenvalue weighted by molar-refractivity contribution is -0.137. The smallest absolute Gasteiger partial charge is 0.417 e. The van der Waals surface area contributed by atoms with Crippen LogP contribution in [0.3, 0.4) is 0 Å². The monoisotopic (exact) mass is 429 g/mol. The largest absolute Gasteiger partial charge is 0.497 e. The standard InChI is InChI=1S/C19H22F3N3O3S/c1-13-11-24(18-9-4-15(10-23-18)19(20,21)22)12-14(2)25(13)29(26,27)17-7-5-16(28-3)6-8-17/h4-10,13-14H,11-12H2,1-3H3. The van der Waals surface area contributed by atoms with Gasteiger partial charge in [0.15, 0.2) is 0 Å². The van der Waals surface area contributed by atoms with Gasteiger partial charge in [-0.15, -0.1) is 0 Å². The molecule has 1 fully saturated rings. The average molecular weight is 429 g/mol. The van der Waals surface area contributed by atoms with E-state index in [4.69, 9.17) is 4.74 Å². The van der Waals surface area contributed by atoms with Gasteiger partial charge in [-0.05, 0) is 50.2 Å². The lowest BCUT2D eigenvalue weighted by Crippen LogP contribution is -2.58. The fourth-order valence-corrected chi connectivity index (χ4v) is 5.38. The van der Waals surface area contributed by atoms with Gasteiger partial charge < -0.3 is 9.64 Å². The molecule has 0 spiro atoms. The van der Waals surface area contributed by atoms with E-state index in [0.29, 0.717) is 24.7 Å². The minimum atomic E-state index is -4.45. The van der Waals surface area contributed by atoms with E-state index in [9.17, 15) is 21.6 Å². The number of alkyl halides is 3. The topological polar surface area (TPSA) is 62.7 Å². The molecule has 6 nitrogen and oxygen atoms in total. The van der Waals surface area contributed by atoms with Gasteiger partial charge in [0.1, 0.15) is 11.6 Å². The number of benzene rings is 1. The number of hydrogen-bond donors (Lipinski definition) is 0. The second-order valence-corrected chi connectivity index (χ2v) is 8.86. The zero-order valence-electron chi connectivity index (χ0n) is 16.2. The number of aromatic nitrogens is 1. The summed E-state index contributed by atoms with van der Waals surface area (Å²) >= 11 is 0. The van der Waals surface area contributed by atoms with Crippen molar-refractivity contribution in [1.82, 2.24) is 9.29 Å². The molecule has 1 aliphatic heterocycles. The highest BCUT2D eigenvalue weighted by Crippen LogP contribution is 2.31. The first-order valence-electron chi connectivity index (χ1n) is 9.00. The summed E-state index contributed by atoms with van der Waals surface area (Å²) in [7, 11) is -2.23. The molecule has 0 aliphatic carbocycles. The van der Waals surface area contributed by atoms with Crippen LogP contribution >= 0.6 is 0 Å². The molecule has 1 aromatic heterocycles. The number of pyridine rings is 1. The van der Waals surface area contributed by atoms with Crippen molar-refractivity contribution >= 4 is 15.8 Å². The molecule has 1 aromatic carbocycles. The third kappa shape index (κ3) is 4.32. The van der Waals surface area contributed by atoms with Gasteiger partial charge in [-0.1, -0.05) is 0 Å². The lowest BCUT2D eigenvalue weighted by atomic mass is 10.1. The van der Waals surface area contributed by atoms with E-state index >= 15 is 0 Å². The number of ether oxygens (including phenoxy) is 1. The van der Waals surface area contributed by atoms with Gasteiger partial charge in [0, 0.05) is 31.4 Å². The molecule has 2 unspecified atom stereocenters. The minimum absolute atomic E-state index is 0.165. The summed E-state index contributed by atoms with van der Waals surface area (Å²) in [4.78, 5) is 5.89. The summed E-state index contributed by atoms with van der Waals surface area (Å²) in [5.41, 5.74) is -0.817. The average Bonchev–Trinajstić information content (AvgIpc) is 2.66. The second-order valence-electron chi connectivity index (χ2n) is 7.02. The van der Waals surface area contributed by atoms with E-state index in [2.05, 4.69) is 4.98 Å². The van der Waals surface area contributed by atoms with Crippen molar-refractivity contribution in [3.8, 4) is 5.75 Å². The van der Waals surface area contributed by atoms with Gasteiger partial charge in [-0.2, -0.15) is 17.5 Å². The maximum atomic E-state index is 13.1. The van der Waals surface area contributed by atoms with Crippen molar-refractivity contribution in [3.63, 3.8) is 0 Å². The predicted molar refractivity (Wildman–Crippen MR) is 102 cm³/mol. The number of halogens is 3. The molecule has 2 aromatic rings. The fraction of sp³-hybridized carbons (Fsp3) is 0.421. The van der Waals surface area contributed by atoms with Crippen LogP contribution in [0.2, 0.25) is 0 Å². The molecule has 1 aliphatic rings. The van der Waals surface area contributed by atoms with Crippen LogP contribution in [0, 0.1) is 0 Å². The Balaban J connectivity index is 1.80. The van der Waals surface area contributed by atoms with Crippen molar-refractivity contribution in [1.29, 1.82) is 0 Å². The zero-order valence-corrected chi connectivity index (χ0v) is 17.0. The summed E-state index contributed by atoms with van der Waals surface area (Å²) in [5.74, 6) is 0.946. The molecule has 0 N–H and O–H groups in total. The number of methoxy groups -OCH3 is 1. The van der Waals surface area contributed by atoms with Crippen LogP contribution in [0.25, 0.3) is 0 Å². The maximum Gasteiger partial charge on any atom is 0.417 e. The first-order chi connectivity index (χ1) is 13.5. The van der Waals surface area contributed by atoms with Gasteiger partial charge in [-0.25, -0.2) is 13.4 Å². The van der Waals surface area contributed by atoms with Crippen LogP contribution in [0.4, 0.5) is 19.0 Å². The molecule has 0 radical (unpaired) electrons. The van der Waals surface area contributed by atoms with Gasteiger partial charge in [0.05, 0.1) is 17.6 Å². The van der Waals surface area contributed by atoms with Crippen LogP contribution < -0.4 is 9.64 Å². The molecule has 158 valence electrons. The van der Waals surface area contributed by atoms with Gasteiger partial charge in [0.2, 0.25) is 10.0 Å². The lowest BCUT2D eigenvalue weighted by Gasteiger charge is -2.43. The van der Waals surface area contributed by atoms with Gasteiger partial charge in [-0.3, -0.25) is 0 Å². The van der Waals surface area contributed by atoms with Crippen molar-refractivity contribution < 1.29 is 26.3 Å². The van der Waals surface area contributed by atoms with Crippen LogP contribution in [0.15, 0.2) is 47.5 Å². The van der Waals surface area contributed by atoms with Crippen LogP contribution in [-0.2, 0) is 16.2 Å². The van der Waals surface area contributed by atoms with Crippen LogP contribution in [0.1, 0.15) is 19.4 Å². The summed E-state index contributed by atoms with van der Waals surface area (Å²) < 4.78 is 71.0. The van der Waals surface area contributed by atoms with Gasteiger partial charge >= 0.3 is 6.18 Å². The quantitative estimate of drug-likeness (QED) is 0.746. The molecule has 2 heterocycles. The SMILES string of the molecule is COc1ccc(S(=O)(=O)N2C(C)CN(c3ccc(C(F)(F)F)cn3)CC2C)cc1. The molecule has 3 rings (SSSR count). The summed E-state index contributed by atoms with van der Waals surface area (Å²) in [6.07, 6.45) is -3.65. The van der Waals surface area contributed by atoms with E-state index in [0.717, 1.165) is 12.3 Å². The highest BCUT2D eigenvalue weighted by molar-refractivity contribution is 7.89. The van der Waals surface area contributed by atoms with Crippen molar-refractivity contribution in [3.05, 3.63) is 48.2 Å². The summed E-state index contributed by atoms with van der Waals surface area (Å²) in [6, 6.07) is 7.68. The first-order valence-corrected chi connectivity index (χ1v) is 10.4. The molecule has 10 heteroatoms. The number of rotatable bonds is 4. The normalized spacial score (nSPS) is 21.2. The zero-order chi connectivity index (χ0) is 21.4. The number of piperazine rings is 1. The second kappa shape index (κ2) is 7.83. The first kappa shape index (κ1) is 21.4. The van der Waals surface area contributed by atoms with Crippen molar-refractivity contribution in [2.75, 3.05) is 25.1 Å². The van der Waals surface area contributed by atoms with E-state index < -0.39 is 33.8 Å². The van der Waals surface area contributed by atoms with Crippen molar-refractivity contribution in [2.45, 2.75) is 37.0 Å². The molecule has 29 heavy (non-hydrogen) atoms. The predicted octanol–water partition coefficient (Wildman–Crippen LogP) is 3.40. The van der Waals surface area contributed by atoms with E-state index in [1.165, 1.54) is 29.6 Å². The van der Waals surface area contributed by atoms with Crippen LogP contribution in [0.5, 0.6) is 5.75 Å². The Hall–Kier alpha value is -2.33. The number of anilines is 1. The Kier molecular flexibility index (Phi) is 5.77. The van der Waals surface area contributed by atoms with E-state index in [1.54, 1.807) is 30.9 Å². The molecule has 0 bridgehead atoms. The number of nitrogens with zero attached hydrogens (tertiary/aromatic N) is 3. The van der Waals surface area contributed by atoms with Gasteiger partial charge in [0.25, 0.3) is 0 Å². The van der Waals surface area contributed by atoms with Crippen LogP contribution in [-0.4, -0.2) is 50.0 Å². The fourth-order valence-electron chi connectivity index (χ4n) is 3.58. The Morgan fingerprint density at radius 2 is 1.62 bits per heavy atom. The highest BCUT2D eigenvalue weighted by atomic mass is 32.2.